The molecule has 1 heterocycles. The summed E-state index contributed by atoms with van der Waals surface area (Å²) in [4.78, 5) is 4.54. The molecule has 2 aromatic carbocycles. The van der Waals surface area contributed by atoms with Crippen LogP contribution in [0.5, 0.6) is 11.5 Å². The van der Waals surface area contributed by atoms with E-state index in [9.17, 15) is 0 Å². The number of benzene rings is 2. The van der Waals surface area contributed by atoms with Crippen LogP contribution in [0, 0.1) is 0 Å². The molecule has 1 aromatic heterocycles. The van der Waals surface area contributed by atoms with Gasteiger partial charge in [0.05, 0.1) is 19.3 Å². The van der Waals surface area contributed by atoms with E-state index < -0.39 is 0 Å². The number of imidazole rings is 1. The van der Waals surface area contributed by atoms with Gasteiger partial charge in [-0.1, -0.05) is 36.4 Å². The number of hydrogen-bond acceptors (Lipinski definition) is 4. The van der Waals surface area contributed by atoms with E-state index >= 15 is 0 Å². The van der Waals surface area contributed by atoms with E-state index in [0.29, 0.717) is 6.54 Å². The number of ether oxygens (including phenoxy) is 2. The van der Waals surface area contributed by atoms with Gasteiger partial charge in [-0.15, -0.1) is 0 Å². The molecular formula is C22H27N3O2. The van der Waals surface area contributed by atoms with E-state index in [4.69, 9.17) is 9.47 Å². The highest BCUT2D eigenvalue weighted by molar-refractivity contribution is 5.43. The quantitative estimate of drug-likeness (QED) is 0.653. The first-order valence-electron chi connectivity index (χ1n) is 9.17. The van der Waals surface area contributed by atoms with E-state index in [1.807, 2.05) is 68.2 Å². The molecule has 5 nitrogen and oxygen atoms in total. The van der Waals surface area contributed by atoms with E-state index in [1.54, 1.807) is 7.11 Å². The Kier molecular flexibility index (Phi) is 6.14. The van der Waals surface area contributed by atoms with Gasteiger partial charge in [0.1, 0.15) is 5.82 Å². The van der Waals surface area contributed by atoms with Gasteiger partial charge in [-0.2, -0.15) is 0 Å². The van der Waals surface area contributed by atoms with Gasteiger partial charge in [0.15, 0.2) is 11.5 Å². The van der Waals surface area contributed by atoms with Crippen molar-refractivity contribution in [1.82, 2.24) is 14.9 Å². The monoisotopic (exact) mass is 365 g/mol. The van der Waals surface area contributed by atoms with Crippen molar-refractivity contribution >= 4 is 0 Å². The number of aromatic nitrogens is 2. The zero-order valence-corrected chi connectivity index (χ0v) is 16.3. The second-order valence-electron chi connectivity index (χ2n) is 6.77. The van der Waals surface area contributed by atoms with Gasteiger partial charge in [-0.25, -0.2) is 4.98 Å². The summed E-state index contributed by atoms with van der Waals surface area (Å²) in [6.07, 6.45) is 3.90. The maximum absolute atomic E-state index is 5.80. The smallest absolute Gasteiger partial charge is 0.161 e. The third-order valence-electron chi connectivity index (χ3n) is 4.35. The molecule has 1 unspecified atom stereocenters. The number of methoxy groups -OCH3 is 1. The van der Waals surface area contributed by atoms with Crippen molar-refractivity contribution in [3.8, 4) is 11.5 Å². The fourth-order valence-electron chi connectivity index (χ4n) is 3.05. The van der Waals surface area contributed by atoms with E-state index in [-0.39, 0.29) is 12.1 Å². The summed E-state index contributed by atoms with van der Waals surface area (Å²) in [6.45, 7) is 4.70. The first-order valence-corrected chi connectivity index (χ1v) is 9.17. The number of nitrogens with one attached hydrogen (secondary N) is 1. The summed E-state index contributed by atoms with van der Waals surface area (Å²) in [5.41, 5.74) is 2.30. The second-order valence-corrected chi connectivity index (χ2v) is 6.77. The molecule has 0 amide bonds. The van der Waals surface area contributed by atoms with Crippen molar-refractivity contribution in [2.24, 2.45) is 7.05 Å². The Bertz CT molecular complexity index is 859. The van der Waals surface area contributed by atoms with Crippen LogP contribution in [0.4, 0.5) is 0 Å². The fourth-order valence-corrected chi connectivity index (χ4v) is 3.05. The summed E-state index contributed by atoms with van der Waals surface area (Å²) >= 11 is 0. The molecule has 1 N–H and O–H groups in total. The molecule has 0 aliphatic rings. The molecule has 0 saturated heterocycles. The highest BCUT2D eigenvalue weighted by atomic mass is 16.5. The Morgan fingerprint density at radius 1 is 1.07 bits per heavy atom. The van der Waals surface area contributed by atoms with Crippen molar-refractivity contribution in [2.45, 2.75) is 32.5 Å². The summed E-state index contributed by atoms with van der Waals surface area (Å²) in [6, 6.07) is 16.4. The number of hydrogen-bond donors (Lipinski definition) is 1. The van der Waals surface area contributed by atoms with Crippen LogP contribution in [0.25, 0.3) is 0 Å². The van der Waals surface area contributed by atoms with Gasteiger partial charge >= 0.3 is 0 Å². The maximum Gasteiger partial charge on any atom is 0.161 e. The van der Waals surface area contributed by atoms with E-state index in [0.717, 1.165) is 22.9 Å². The Hall–Kier alpha value is -2.79. The second kappa shape index (κ2) is 8.73. The van der Waals surface area contributed by atoms with Crippen LogP contribution in [0.3, 0.4) is 0 Å². The number of nitrogens with zero attached hydrogens (tertiary/aromatic N) is 2. The number of aryl methyl sites for hydroxylation is 1. The van der Waals surface area contributed by atoms with Gasteiger partial charge in [-0.05, 0) is 37.1 Å². The van der Waals surface area contributed by atoms with Gasteiger partial charge < -0.3 is 14.0 Å². The van der Waals surface area contributed by atoms with Crippen LogP contribution in [0.1, 0.15) is 36.8 Å². The van der Waals surface area contributed by atoms with Gasteiger partial charge in [0.2, 0.25) is 0 Å². The predicted octanol–water partition coefficient (Wildman–Crippen LogP) is 4.10. The third-order valence-corrected chi connectivity index (χ3v) is 4.35. The Morgan fingerprint density at radius 3 is 2.48 bits per heavy atom. The molecule has 142 valence electrons. The summed E-state index contributed by atoms with van der Waals surface area (Å²) in [5, 5.41) is 3.63. The molecule has 0 radical (unpaired) electrons. The molecule has 3 aromatic rings. The molecule has 1 atom stereocenters. The molecule has 0 spiro atoms. The van der Waals surface area contributed by atoms with Crippen LogP contribution in [-0.2, 0) is 13.6 Å². The zero-order chi connectivity index (χ0) is 19.2. The molecule has 27 heavy (non-hydrogen) atoms. The molecule has 0 aliphatic heterocycles. The minimum atomic E-state index is 0.00351. The van der Waals surface area contributed by atoms with Gasteiger partial charge in [0.25, 0.3) is 0 Å². The Balaban J connectivity index is 1.81. The normalized spacial score (nSPS) is 12.2. The minimum absolute atomic E-state index is 0.00351. The van der Waals surface area contributed by atoms with Gasteiger partial charge in [-0.3, -0.25) is 5.32 Å². The molecule has 5 heteroatoms. The summed E-state index contributed by atoms with van der Waals surface area (Å²) < 4.78 is 13.3. The lowest BCUT2D eigenvalue weighted by molar-refractivity contribution is 0.230. The average molecular weight is 365 g/mol. The van der Waals surface area contributed by atoms with E-state index in [1.165, 1.54) is 5.56 Å². The SMILES string of the molecule is COc1cc(CNC(c2ccccc2)c2nccn2C)ccc1OC(C)C. The Labute approximate surface area is 161 Å². The van der Waals surface area contributed by atoms with E-state index in [2.05, 4.69) is 28.5 Å². The lowest BCUT2D eigenvalue weighted by atomic mass is 10.1. The van der Waals surface area contributed by atoms with Crippen LogP contribution >= 0.6 is 0 Å². The molecular weight excluding hydrogens is 338 g/mol. The predicted molar refractivity (Wildman–Crippen MR) is 107 cm³/mol. The van der Waals surface area contributed by atoms with Crippen LogP contribution in [0.2, 0.25) is 0 Å². The molecule has 3 rings (SSSR count). The van der Waals surface area contributed by atoms with Crippen molar-refractivity contribution in [3.05, 3.63) is 77.9 Å². The minimum Gasteiger partial charge on any atom is -0.493 e. The molecule has 0 saturated carbocycles. The maximum atomic E-state index is 5.80. The lowest BCUT2D eigenvalue weighted by Gasteiger charge is -2.20. The standard InChI is InChI=1S/C22H27N3O2/c1-16(2)27-19-11-10-17(14-20(19)26-4)15-24-21(18-8-6-5-7-9-18)22-23-12-13-25(22)3/h5-14,16,21,24H,15H2,1-4H3. The highest BCUT2D eigenvalue weighted by Gasteiger charge is 2.18. The topological polar surface area (TPSA) is 48.3 Å². The van der Waals surface area contributed by atoms with Crippen molar-refractivity contribution < 1.29 is 9.47 Å². The molecule has 0 bridgehead atoms. The Morgan fingerprint density at radius 2 is 1.85 bits per heavy atom. The van der Waals surface area contributed by atoms with Crippen LogP contribution in [-0.4, -0.2) is 22.8 Å². The first kappa shape index (κ1) is 19.0. The van der Waals surface area contributed by atoms with Crippen LogP contribution < -0.4 is 14.8 Å². The van der Waals surface area contributed by atoms with Crippen molar-refractivity contribution in [3.63, 3.8) is 0 Å². The van der Waals surface area contributed by atoms with Crippen molar-refractivity contribution in [1.29, 1.82) is 0 Å². The molecule has 0 fully saturated rings. The van der Waals surface area contributed by atoms with Crippen LogP contribution in [0.15, 0.2) is 60.9 Å². The summed E-state index contributed by atoms with van der Waals surface area (Å²) in [5.74, 6) is 2.49. The third kappa shape index (κ3) is 4.68. The highest BCUT2D eigenvalue weighted by Crippen LogP contribution is 2.29. The lowest BCUT2D eigenvalue weighted by Crippen LogP contribution is -2.24. The van der Waals surface area contributed by atoms with Crippen molar-refractivity contribution in [2.75, 3.05) is 7.11 Å². The molecule has 0 aliphatic carbocycles. The average Bonchev–Trinajstić information content (AvgIpc) is 3.09. The fraction of sp³-hybridized carbons (Fsp3) is 0.318. The first-order chi connectivity index (χ1) is 13.1. The summed E-state index contributed by atoms with van der Waals surface area (Å²) in [7, 11) is 3.68. The number of rotatable bonds is 8. The largest absolute Gasteiger partial charge is 0.493 e. The zero-order valence-electron chi connectivity index (χ0n) is 16.3. The van der Waals surface area contributed by atoms with Gasteiger partial charge in [0, 0.05) is 26.0 Å².